The molecule has 30 heavy (non-hydrogen) atoms. The summed E-state index contributed by atoms with van der Waals surface area (Å²) in [4.78, 5) is 26.1. The number of nitrogens with one attached hydrogen (secondary N) is 1. The monoisotopic (exact) mass is 462 g/mol. The van der Waals surface area contributed by atoms with Crippen LogP contribution in [0.2, 0.25) is 0 Å². The summed E-state index contributed by atoms with van der Waals surface area (Å²) in [6.45, 7) is 0.696. The van der Waals surface area contributed by atoms with Gasteiger partial charge in [-0.2, -0.15) is 0 Å². The summed E-state index contributed by atoms with van der Waals surface area (Å²) in [5.74, 6) is 0.359. The molecule has 4 rings (SSSR count). The number of urea groups is 1. The zero-order chi connectivity index (χ0) is 20.9. The minimum absolute atomic E-state index is 0.235. The van der Waals surface area contributed by atoms with Crippen LogP contribution >= 0.6 is 15.9 Å². The molecule has 1 heterocycles. The van der Waals surface area contributed by atoms with Gasteiger partial charge in [0.2, 0.25) is 0 Å². The molecule has 150 valence electrons. The van der Waals surface area contributed by atoms with Gasteiger partial charge < -0.3 is 10.1 Å². The first-order chi connectivity index (χ1) is 14.6. The summed E-state index contributed by atoms with van der Waals surface area (Å²) in [6, 6.07) is 24.4. The van der Waals surface area contributed by atoms with E-state index in [1.165, 1.54) is 4.90 Å². The van der Waals surface area contributed by atoms with Crippen molar-refractivity contribution in [1.29, 1.82) is 0 Å². The molecule has 0 bridgehead atoms. The van der Waals surface area contributed by atoms with Gasteiger partial charge in [-0.05, 0) is 50.8 Å². The summed E-state index contributed by atoms with van der Waals surface area (Å²) >= 11 is 3.52. The topological polar surface area (TPSA) is 58.6 Å². The van der Waals surface area contributed by atoms with Crippen molar-refractivity contribution < 1.29 is 14.3 Å². The molecule has 0 unspecified atom stereocenters. The first-order valence-electron chi connectivity index (χ1n) is 9.45. The zero-order valence-electron chi connectivity index (χ0n) is 16.0. The average molecular weight is 463 g/mol. The van der Waals surface area contributed by atoms with Crippen molar-refractivity contribution in [2.24, 2.45) is 0 Å². The number of nitrogens with zero attached hydrogens (tertiary/aromatic N) is 1. The fourth-order valence-electron chi connectivity index (χ4n) is 3.11. The second kappa shape index (κ2) is 8.97. The highest BCUT2D eigenvalue weighted by atomic mass is 79.9. The lowest BCUT2D eigenvalue weighted by atomic mass is 10.1. The molecular formula is C24H19BrN2O3. The zero-order valence-corrected chi connectivity index (χ0v) is 17.6. The van der Waals surface area contributed by atoms with Gasteiger partial charge in [0.25, 0.3) is 5.91 Å². The lowest BCUT2D eigenvalue weighted by Gasteiger charge is -2.11. The number of rotatable bonds is 6. The number of carbonyl (C=O) groups is 2. The third-order valence-corrected chi connectivity index (χ3v) is 5.27. The highest BCUT2D eigenvalue weighted by Gasteiger charge is 2.33. The van der Waals surface area contributed by atoms with Crippen molar-refractivity contribution in [3.63, 3.8) is 0 Å². The molecule has 0 aliphatic carbocycles. The maximum Gasteiger partial charge on any atom is 0.329 e. The predicted octanol–water partition coefficient (Wildman–Crippen LogP) is 5.12. The van der Waals surface area contributed by atoms with Crippen LogP contribution < -0.4 is 10.1 Å². The summed E-state index contributed by atoms with van der Waals surface area (Å²) in [5.41, 5.74) is 3.00. The second-order valence-electron chi connectivity index (χ2n) is 6.83. The van der Waals surface area contributed by atoms with E-state index >= 15 is 0 Å². The molecule has 0 aromatic heterocycles. The Morgan fingerprint density at radius 3 is 2.23 bits per heavy atom. The molecular weight excluding hydrogens is 444 g/mol. The first-order valence-corrected chi connectivity index (χ1v) is 10.2. The molecule has 6 heteroatoms. The van der Waals surface area contributed by atoms with Crippen molar-refractivity contribution in [1.82, 2.24) is 10.2 Å². The lowest BCUT2D eigenvalue weighted by molar-refractivity contribution is -0.123. The van der Waals surface area contributed by atoms with Gasteiger partial charge >= 0.3 is 6.03 Å². The van der Waals surface area contributed by atoms with Crippen molar-refractivity contribution >= 4 is 33.9 Å². The molecule has 0 radical (unpaired) electrons. The van der Waals surface area contributed by atoms with E-state index in [0.29, 0.717) is 12.4 Å². The van der Waals surface area contributed by atoms with Crippen molar-refractivity contribution in [2.75, 3.05) is 0 Å². The van der Waals surface area contributed by atoms with Crippen LogP contribution in [0.3, 0.4) is 0 Å². The Morgan fingerprint density at radius 1 is 0.900 bits per heavy atom. The summed E-state index contributed by atoms with van der Waals surface area (Å²) in [6.07, 6.45) is 1.66. The molecule has 1 N–H and O–H groups in total. The number of halogens is 1. The molecule has 3 aromatic carbocycles. The van der Waals surface area contributed by atoms with Gasteiger partial charge in [0.15, 0.2) is 0 Å². The Hall–Kier alpha value is -3.38. The minimum Gasteiger partial charge on any atom is -0.488 e. The van der Waals surface area contributed by atoms with Crippen LogP contribution in [0, 0.1) is 0 Å². The van der Waals surface area contributed by atoms with E-state index in [2.05, 4.69) is 21.2 Å². The Balaban J connectivity index is 1.46. The maximum absolute atomic E-state index is 12.7. The molecule has 5 nitrogen and oxygen atoms in total. The first kappa shape index (κ1) is 19.9. The van der Waals surface area contributed by atoms with Gasteiger partial charge in [0.1, 0.15) is 18.1 Å². The van der Waals surface area contributed by atoms with Crippen LogP contribution in [0.15, 0.2) is 89.0 Å². The van der Waals surface area contributed by atoms with Gasteiger partial charge in [-0.1, -0.05) is 66.7 Å². The number of amides is 3. The normalized spacial score (nSPS) is 14.8. The smallest absolute Gasteiger partial charge is 0.329 e. The van der Waals surface area contributed by atoms with Crippen molar-refractivity contribution in [3.05, 3.63) is 106 Å². The largest absolute Gasteiger partial charge is 0.488 e. The fourth-order valence-corrected chi connectivity index (χ4v) is 3.62. The SMILES string of the molecule is O=C1N/C(=C/c2ccc(OCc3ccccc3)c(Br)c2)C(=O)N1Cc1ccccc1. The van der Waals surface area contributed by atoms with Crippen LogP contribution in [-0.2, 0) is 17.9 Å². The van der Waals surface area contributed by atoms with Crippen molar-refractivity contribution in [3.8, 4) is 5.75 Å². The van der Waals surface area contributed by atoms with E-state index in [1.807, 2.05) is 78.9 Å². The van der Waals surface area contributed by atoms with Crippen LogP contribution in [0.4, 0.5) is 4.79 Å². The predicted molar refractivity (Wildman–Crippen MR) is 118 cm³/mol. The van der Waals surface area contributed by atoms with Gasteiger partial charge in [0.05, 0.1) is 11.0 Å². The minimum atomic E-state index is -0.419. The number of imide groups is 1. The number of carbonyl (C=O) groups excluding carboxylic acids is 2. The number of hydrogen-bond acceptors (Lipinski definition) is 3. The van der Waals surface area contributed by atoms with E-state index in [9.17, 15) is 9.59 Å². The molecule has 3 amide bonds. The highest BCUT2D eigenvalue weighted by Crippen LogP contribution is 2.28. The third kappa shape index (κ3) is 4.60. The third-order valence-electron chi connectivity index (χ3n) is 4.65. The summed E-state index contributed by atoms with van der Waals surface area (Å²) in [5, 5.41) is 2.66. The van der Waals surface area contributed by atoms with Crippen LogP contribution in [0.25, 0.3) is 6.08 Å². The summed E-state index contributed by atoms with van der Waals surface area (Å²) in [7, 11) is 0. The lowest BCUT2D eigenvalue weighted by Crippen LogP contribution is -2.30. The number of hydrogen-bond donors (Lipinski definition) is 1. The van der Waals surface area contributed by atoms with Crippen molar-refractivity contribution in [2.45, 2.75) is 13.2 Å². The van der Waals surface area contributed by atoms with E-state index in [4.69, 9.17) is 4.74 Å². The Kier molecular flexibility index (Phi) is 5.95. The highest BCUT2D eigenvalue weighted by molar-refractivity contribution is 9.10. The van der Waals surface area contributed by atoms with Crippen LogP contribution in [0.1, 0.15) is 16.7 Å². The number of benzene rings is 3. The standard InChI is InChI=1S/C24H19BrN2O3/c25-20-13-19(11-12-22(20)30-16-18-9-5-2-6-10-18)14-21-23(28)27(24(29)26-21)15-17-7-3-1-4-8-17/h1-14H,15-16H2,(H,26,29)/b21-14+. The van der Waals surface area contributed by atoms with Crippen LogP contribution in [0.5, 0.6) is 5.75 Å². The molecule has 1 aliphatic heterocycles. The van der Waals surface area contributed by atoms with E-state index in [-0.39, 0.29) is 18.1 Å². The molecule has 1 saturated heterocycles. The average Bonchev–Trinajstić information content (AvgIpc) is 3.02. The molecule has 0 atom stereocenters. The molecule has 1 fully saturated rings. The maximum atomic E-state index is 12.7. The van der Waals surface area contributed by atoms with Gasteiger partial charge in [0, 0.05) is 0 Å². The summed E-state index contributed by atoms with van der Waals surface area (Å²) < 4.78 is 6.63. The Morgan fingerprint density at radius 2 is 1.57 bits per heavy atom. The Labute approximate surface area is 183 Å². The second-order valence-corrected chi connectivity index (χ2v) is 7.68. The number of ether oxygens (including phenoxy) is 1. The van der Waals surface area contributed by atoms with E-state index in [1.54, 1.807) is 6.08 Å². The van der Waals surface area contributed by atoms with Gasteiger partial charge in [-0.15, -0.1) is 0 Å². The van der Waals surface area contributed by atoms with Gasteiger partial charge in [-0.3, -0.25) is 9.69 Å². The quantitative estimate of drug-likeness (QED) is 0.408. The molecule has 0 saturated carbocycles. The fraction of sp³-hybridized carbons (Fsp3) is 0.0833. The van der Waals surface area contributed by atoms with Crippen LogP contribution in [-0.4, -0.2) is 16.8 Å². The van der Waals surface area contributed by atoms with E-state index in [0.717, 1.165) is 21.2 Å². The Bertz CT molecular complexity index is 1100. The molecule has 3 aromatic rings. The van der Waals surface area contributed by atoms with E-state index < -0.39 is 6.03 Å². The molecule has 0 spiro atoms. The molecule has 1 aliphatic rings. The van der Waals surface area contributed by atoms with Gasteiger partial charge in [-0.25, -0.2) is 4.79 Å².